The monoisotopic (exact) mass is 580 g/mol. The van der Waals surface area contributed by atoms with Crippen molar-refractivity contribution in [3.05, 3.63) is 64.1 Å². The van der Waals surface area contributed by atoms with Crippen molar-refractivity contribution in [2.45, 2.75) is 23.5 Å². The summed E-state index contributed by atoms with van der Waals surface area (Å²) in [6, 6.07) is 3.92. The number of thioether (sulfide) groups is 1. The molecule has 2 saturated heterocycles. The number of hydrogen-bond donors (Lipinski definition) is 2. The molecule has 1 aromatic heterocycles. The number of benzene rings is 2. The van der Waals surface area contributed by atoms with Gasteiger partial charge in [0.25, 0.3) is 0 Å². The van der Waals surface area contributed by atoms with E-state index in [0.29, 0.717) is 39.5 Å². The molecule has 38 heavy (non-hydrogen) atoms. The van der Waals surface area contributed by atoms with Gasteiger partial charge in [-0.2, -0.15) is 15.6 Å². The smallest absolute Gasteiger partial charge is 0.350 e. The number of anilines is 1. The molecule has 2 N–H and O–H groups in total. The van der Waals surface area contributed by atoms with Crippen molar-refractivity contribution in [1.82, 2.24) is 14.5 Å². The highest BCUT2D eigenvalue weighted by Crippen LogP contribution is 2.49. The first kappa shape index (κ1) is 25.6. The summed E-state index contributed by atoms with van der Waals surface area (Å²) in [5, 5.41) is 0.826. The lowest BCUT2D eigenvalue weighted by atomic mass is 10.0. The summed E-state index contributed by atoms with van der Waals surface area (Å²) in [7, 11) is -2.86. The molecule has 2 atom stereocenters. The van der Waals surface area contributed by atoms with E-state index in [1.54, 1.807) is 15.5 Å². The Hall–Kier alpha value is -2.64. The Bertz CT molecular complexity index is 1570. The largest absolute Gasteiger partial charge is 0.352 e. The quantitative estimate of drug-likeness (QED) is 0.442. The van der Waals surface area contributed by atoms with Crippen LogP contribution in [0.4, 0.5) is 14.6 Å². The molecule has 3 aliphatic heterocycles. The standard InChI is InChI=1S/C25H23ClF2N4O4S2/c1-2-20(33)32-14-9-30(10-15(32)12-38(35,36)11-14)24-17-8-18(26)21(16-4-3-13(27)7-19(16)28)23-22(17)31(5-6-37-23)25(34)29-24/h2-4,7-8,14-15,35-36H,1,5-6,9-12H2. The van der Waals surface area contributed by atoms with Crippen molar-refractivity contribution < 1.29 is 22.7 Å². The molecule has 2 fully saturated rings. The number of hydrogen-bond acceptors (Lipinski definition) is 7. The van der Waals surface area contributed by atoms with E-state index in [2.05, 4.69) is 11.6 Å². The molecular weight excluding hydrogens is 558 g/mol. The van der Waals surface area contributed by atoms with Crippen molar-refractivity contribution in [3.8, 4) is 11.1 Å². The molecule has 8 nitrogen and oxygen atoms in total. The van der Waals surface area contributed by atoms with Gasteiger partial charge in [-0.3, -0.25) is 18.5 Å². The van der Waals surface area contributed by atoms with E-state index in [1.165, 1.54) is 23.9 Å². The Morgan fingerprint density at radius 3 is 2.58 bits per heavy atom. The third-order valence-corrected chi connectivity index (χ3v) is 10.4. The molecule has 2 bridgehead atoms. The van der Waals surface area contributed by atoms with Crippen molar-refractivity contribution in [3.63, 3.8) is 0 Å². The predicted octanol–water partition coefficient (Wildman–Crippen LogP) is 4.44. The molecule has 0 aliphatic carbocycles. The molecule has 2 aromatic carbocycles. The maximum Gasteiger partial charge on any atom is 0.350 e. The number of carbonyl (C=O) groups is 1. The first-order valence-electron chi connectivity index (χ1n) is 11.9. The zero-order chi connectivity index (χ0) is 26.9. The molecule has 0 radical (unpaired) electrons. The topological polar surface area (TPSA) is 98.9 Å². The van der Waals surface area contributed by atoms with Gasteiger partial charge in [0.2, 0.25) is 5.91 Å². The number of halogens is 3. The van der Waals surface area contributed by atoms with E-state index in [1.807, 2.05) is 4.90 Å². The molecular formula is C25H23ClF2N4O4S2. The van der Waals surface area contributed by atoms with E-state index in [-0.39, 0.29) is 41.1 Å². The molecule has 4 heterocycles. The third-order valence-electron chi connectivity index (χ3n) is 7.21. The summed E-state index contributed by atoms with van der Waals surface area (Å²) in [6.45, 7) is 4.43. The molecule has 6 rings (SSSR count). The summed E-state index contributed by atoms with van der Waals surface area (Å²) in [5.74, 6) is -0.795. The van der Waals surface area contributed by atoms with E-state index >= 15 is 0 Å². The number of amides is 1. The fourth-order valence-electron chi connectivity index (χ4n) is 5.78. The number of piperazine rings is 1. The number of nitrogens with zero attached hydrogens (tertiary/aromatic N) is 4. The van der Waals surface area contributed by atoms with Crippen LogP contribution in [-0.4, -0.2) is 71.9 Å². The van der Waals surface area contributed by atoms with Gasteiger partial charge < -0.3 is 9.80 Å². The highest BCUT2D eigenvalue weighted by atomic mass is 35.5. The first-order valence-corrected chi connectivity index (χ1v) is 15.1. The van der Waals surface area contributed by atoms with Crippen molar-refractivity contribution >= 4 is 56.6 Å². The Morgan fingerprint density at radius 2 is 1.92 bits per heavy atom. The van der Waals surface area contributed by atoms with Crippen LogP contribution in [-0.2, 0) is 11.3 Å². The van der Waals surface area contributed by atoms with Gasteiger partial charge in [-0.25, -0.2) is 13.6 Å². The van der Waals surface area contributed by atoms with Crippen LogP contribution in [0.1, 0.15) is 0 Å². The van der Waals surface area contributed by atoms with Gasteiger partial charge >= 0.3 is 5.69 Å². The van der Waals surface area contributed by atoms with Crippen LogP contribution in [0.25, 0.3) is 22.0 Å². The van der Waals surface area contributed by atoms with E-state index < -0.39 is 40.0 Å². The summed E-state index contributed by atoms with van der Waals surface area (Å²) >= 11 is 8.18. The summed E-state index contributed by atoms with van der Waals surface area (Å²) < 4.78 is 51.0. The predicted molar refractivity (Wildman–Crippen MR) is 147 cm³/mol. The number of aryl methyl sites for hydroxylation is 1. The Balaban J connectivity index is 1.52. The third kappa shape index (κ3) is 4.10. The summed E-state index contributed by atoms with van der Waals surface area (Å²) in [6.07, 6.45) is 1.22. The van der Waals surface area contributed by atoms with Gasteiger partial charge in [0.15, 0.2) is 0 Å². The summed E-state index contributed by atoms with van der Waals surface area (Å²) in [5.41, 5.74) is 0.620. The number of aromatic nitrogens is 2. The normalized spacial score (nSPS) is 22.9. The molecule has 0 saturated carbocycles. The Labute approximate surface area is 227 Å². The van der Waals surface area contributed by atoms with E-state index in [4.69, 9.17) is 11.6 Å². The van der Waals surface area contributed by atoms with Gasteiger partial charge in [0.1, 0.15) is 17.5 Å². The molecule has 3 aliphatic rings. The van der Waals surface area contributed by atoms with Gasteiger partial charge in [0, 0.05) is 52.9 Å². The van der Waals surface area contributed by atoms with Crippen LogP contribution in [0, 0.1) is 11.6 Å². The Kier molecular flexibility index (Phi) is 6.23. The molecule has 13 heteroatoms. The van der Waals surface area contributed by atoms with E-state index in [0.717, 1.165) is 12.1 Å². The van der Waals surface area contributed by atoms with E-state index in [9.17, 15) is 27.5 Å². The fourth-order valence-corrected chi connectivity index (χ4v) is 9.24. The minimum Gasteiger partial charge on any atom is -0.352 e. The first-order chi connectivity index (χ1) is 18.1. The molecule has 200 valence electrons. The van der Waals surface area contributed by atoms with Gasteiger partial charge in [-0.1, -0.05) is 18.2 Å². The fraction of sp³-hybridized carbons (Fsp3) is 0.320. The van der Waals surface area contributed by atoms with Gasteiger partial charge in [0.05, 0.1) is 34.1 Å². The second-order valence-corrected chi connectivity index (χ2v) is 13.4. The van der Waals surface area contributed by atoms with Gasteiger partial charge in [-0.15, -0.1) is 11.8 Å². The lowest BCUT2D eigenvalue weighted by Crippen LogP contribution is -2.66. The lowest BCUT2D eigenvalue weighted by molar-refractivity contribution is -0.130. The van der Waals surface area contributed by atoms with Crippen LogP contribution in [0.3, 0.4) is 0 Å². The van der Waals surface area contributed by atoms with Crippen LogP contribution in [0.5, 0.6) is 0 Å². The SMILES string of the molecule is C=CC(=O)N1C2CN(c3nc(=O)n4c5c(c(-c6ccc(F)cc6F)c(Cl)cc35)SCC4)CC1CS(O)(O)C2. The minimum absolute atomic E-state index is 0.0183. The molecule has 3 aromatic rings. The summed E-state index contributed by atoms with van der Waals surface area (Å²) in [4.78, 5) is 34.4. The zero-order valence-electron chi connectivity index (χ0n) is 19.9. The number of carbonyl (C=O) groups excluding carboxylic acids is 1. The maximum absolute atomic E-state index is 14.9. The number of rotatable bonds is 3. The highest BCUT2D eigenvalue weighted by Gasteiger charge is 2.46. The molecule has 1 amide bonds. The van der Waals surface area contributed by atoms with Crippen LogP contribution in [0.15, 0.2) is 46.6 Å². The highest BCUT2D eigenvalue weighted by molar-refractivity contribution is 8.24. The Morgan fingerprint density at radius 1 is 1.21 bits per heavy atom. The average Bonchev–Trinajstić information content (AvgIpc) is 2.85. The zero-order valence-corrected chi connectivity index (χ0v) is 22.3. The second-order valence-electron chi connectivity index (χ2n) is 9.60. The minimum atomic E-state index is -2.86. The van der Waals surface area contributed by atoms with Crippen molar-refractivity contribution in [2.24, 2.45) is 0 Å². The average molecular weight is 581 g/mol. The van der Waals surface area contributed by atoms with Crippen molar-refractivity contribution in [2.75, 3.05) is 35.2 Å². The van der Waals surface area contributed by atoms with Crippen LogP contribution in [0.2, 0.25) is 5.02 Å². The second kappa shape index (κ2) is 9.23. The van der Waals surface area contributed by atoms with Gasteiger partial charge in [-0.05, 0) is 24.3 Å². The molecule has 2 unspecified atom stereocenters. The van der Waals surface area contributed by atoms with Crippen molar-refractivity contribution in [1.29, 1.82) is 0 Å². The lowest BCUT2D eigenvalue weighted by Gasteiger charge is -2.56. The maximum atomic E-state index is 14.9. The number of fused-ring (bicyclic) bond motifs is 2. The van der Waals surface area contributed by atoms with Crippen LogP contribution >= 0.6 is 34.0 Å². The molecule has 0 spiro atoms. The van der Waals surface area contributed by atoms with Crippen LogP contribution < -0.4 is 10.6 Å².